The van der Waals surface area contributed by atoms with Gasteiger partial charge in [0.15, 0.2) is 11.5 Å². The Balaban J connectivity index is 1.90. The summed E-state index contributed by atoms with van der Waals surface area (Å²) >= 11 is 0. The number of amides is 2. The number of carbonyl (C=O) groups excluding carboxylic acids is 2. The summed E-state index contributed by atoms with van der Waals surface area (Å²) in [6.07, 6.45) is 0.523. The van der Waals surface area contributed by atoms with Gasteiger partial charge in [-0.1, -0.05) is 18.2 Å². The first-order valence-corrected chi connectivity index (χ1v) is 8.95. The summed E-state index contributed by atoms with van der Waals surface area (Å²) in [7, 11) is 3.05. The van der Waals surface area contributed by atoms with Gasteiger partial charge in [-0.05, 0) is 30.2 Å². The summed E-state index contributed by atoms with van der Waals surface area (Å²) < 4.78 is 24.1. The van der Waals surface area contributed by atoms with E-state index in [-0.39, 0.29) is 30.6 Å². The van der Waals surface area contributed by atoms with Crippen molar-refractivity contribution in [3.8, 4) is 11.5 Å². The van der Waals surface area contributed by atoms with Crippen molar-refractivity contribution in [3.63, 3.8) is 0 Å². The highest BCUT2D eigenvalue weighted by atomic mass is 19.1. The summed E-state index contributed by atoms with van der Waals surface area (Å²) in [5, 5.41) is 2.77. The zero-order chi connectivity index (χ0) is 20.5. The molecule has 2 aromatic rings. The van der Waals surface area contributed by atoms with Gasteiger partial charge in [0.05, 0.1) is 14.2 Å². The fourth-order valence-corrected chi connectivity index (χ4v) is 2.76. The molecule has 0 aliphatic heterocycles. The van der Waals surface area contributed by atoms with Gasteiger partial charge in [0, 0.05) is 38.2 Å². The van der Waals surface area contributed by atoms with Crippen LogP contribution >= 0.6 is 0 Å². The minimum Gasteiger partial charge on any atom is -0.493 e. The van der Waals surface area contributed by atoms with Crippen LogP contribution in [0.15, 0.2) is 42.5 Å². The van der Waals surface area contributed by atoms with Crippen LogP contribution in [0.3, 0.4) is 0 Å². The number of rotatable bonds is 9. The topological polar surface area (TPSA) is 67.9 Å². The highest BCUT2D eigenvalue weighted by Gasteiger charge is 2.13. The molecule has 0 aliphatic carbocycles. The average molecular weight is 388 g/mol. The molecule has 150 valence electrons. The lowest BCUT2D eigenvalue weighted by molar-refractivity contribution is -0.129. The summed E-state index contributed by atoms with van der Waals surface area (Å²) in [6, 6.07) is 11.5. The van der Waals surface area contributed by atoms with Crippen LogP contribution in [0.1, 0.15) is 18.9 Å². The maximum absolute atomic E-state index is 13.7. The largest absolute Gasteiger partial charge is 0.493 e. The van der Waals surface area contributed by atoms with Gasteiger partial charge in [-0.3, -0.25) is 9.59 Å². The molecule has 7 heteroatoms. The van der Waals surface area contributed by atoms with Gasteiger partial charge in [0.25, 0.3) is 0 Å². The molecule has 0 bridgehead atoms. The monoisotopic (exact) mass is 388 g/mol. The van der Waals surface area contributed by atoms with E-state index in [1.807, 2.05) is 0 Å². The van der Waals surface area contributed by atoms with Crippen LogP contribution in [0.25, 0.3) is 0 Å². The van der Waals surface area contributed by atoms with E-state index >= 15 is 0 Å². The molecule has 0 aliphatic rings. The molecule has 0 radical (unpaired) electrons. The van der Waals surface area contributed by atoms with Crippen molar-refractivity contribution in [3.05, 3.63) is 53.8 Å². The van der Waals surface area contributed by atoms with Crippen LogP contribution in [0.4, 0.5) is 10.1 Å². The van der Waals surface area contributed by atoms with Crippen molar-refractivity contribution in [1.29, 1.82) is 0 Å². The molecule has 0 unspecified atom stereocenters. The van der Waals surface area contributed by atoms with Gasteiger partial charge in [-0.2, -0.15) is 0 Å². The lowest BCUT2D eigenvalue weighted by Gasteiger charge is -2.21. The minimum atomic E-state index is -0.294. The standard InChI is InChI=1S/C21H25FN2O4/c1-15(25)24(12-10-16-6-4-5-7-18(16)22)13-11-21(26)23-17-8-9-19(27-2)20(14-17)28-3/h4-9,14H,10-13H2,1-3H3,(H,23,26). The lowest BCUT2D eigenvalue weighted by atomic mass is 10.1. The van der Waals surface area contributed by atoms with Crippen LogP contribution in [0, 0.1) is 5.82 Å². The highest BCUT2D eigenvalue weighted by Crippen LogP contribution is 2.29. The Morgan fingerprint density at radius 3 is 2.39 bits per heavy atom. The Labute approximate surface area is 164 Å². The zero-order valence-corrected chi connectivity index (χ0v) is 16.3. The molecule has 6 nitrogen and oxygen atoms in total. The van der Waals surface area contributed by atoms with Gasteiger partial charge < -0.3 is 19.7 Å². The number of nitrogens with zero attached hydrogens (tertiary/aromatic N) is 1. The van der Waals surface area contributed by atoms with E-state index in [2.05, 4.69) is 5.32 Å². The van der Waals surface area contributed by atoms with Crippen molar-refractivity contribution in [2.45, 2.75) is 19.8 Å². The Morgan fingerprint density at radius 1 is 1.04 bits per heavy atom. The molecule has 1 N–H and O–H groups in total. The number of hydrogen-bond acceptors (Lipinski definition) is 4. The molecule has 2 rings (SSSR count). The molecule has 0 fully saturated rings. The zero-order valence-electron chi connectivity index (χ0n) is 16.3. The second-order valence-electron chi connectivity index (χ2n) is 6.22. The second kappa shape index (κ2) is 10.3. The predicted octanol–water partition coefficient (Wildman–Crippen LogP) is 3.26. The molecular weight excluding hydrogens is 363 g/mol. The highest BCUT2D eigenvalue weighted by molar-refractivity contribution is 5.91. The van der Waals surface area contributed by atoms with Crippen molar-refractivity contribution in [1.82, 2.24) is 4.90 Å². The SMILES string of the molecule is COc1ccc(NC(=O)CCN(CCc2ccccc2F)C(C)=O)cc1OC. The van der Waals surface area contributed by atoms with E-state index in [0.717, 1.165) is 0 Å². The first kappa shape index (κ1) is 21.2. The summed E-state index contributed by atoms with van der Waals surface area (Å²) in [5.74, 6) is 0.392. The molecule has 0 heterocycles. The molecule has 28 heavy (non-hydrogen) atoms. The van der Waals surface area contributed by atoms with Gasteiger partial charge in [-0.25, -0.2) is 4.39 Å². The summed E-state index contributed by atoms with van der Waals surface area (Å²) in [6.45, 7) is 2.04. The third-order valence-corrected chi connectivity index (χ3v) is 4.33. The van der Waals surface area contributed by atoms with Crippen molar-refractivity contribution < 1.29 is 23.5 Å². The third-order valence-electron chi connectivity index (χ3n) is 4.33. The Hall–Kier alpha value is -3.09. The quantitative estimate of drug-likeness (QED) is 0.716. The van der Waals surface area contributed by atoms with Crippen LogP contribution in [-0.4, -0.2) is 44.0 Å². The fraction of sp³-hybridized carbons (Fsp3) is 0.333. The molecular formula is C21H25FN2O4. The van der Waals surface area contributed by atoms with E-state index in [4.69, 9.17) is 9.47 Å². The number of anilines is 1. The van der Waals surface area contributed by atoms with E-state index in [1.165, 1.54) is 27.2 Å². The van der Waals surface area contributed by atoms with Crippen molar-refractivity contribution >= 4 is 17.5 Å². The van der Waals surface area contributed by atoms with E-state index < -0.39 is 0 Å². The Kier molecular flexibility index (Phi) is 7.80. The second-order valence-corrected chi connectivity index (χ2v) is 6.22. The van der Waals surface area contributed by atoms with Crippen LogP contribution in [0.5, 0.6) is 11.5 Å². The molecule has 0 spiro atoms. The number of hydrogen-bond donors (Lipinski definition) is 1. The van der Waals surface area contributed by atoms with Gasteiger partial charge in [-0.15, -0.1) is 0 Å². The molecule has 0 atom stereocenters. The van der Waals surface area contributed by atoms with E-state index in [0.29, 0.717) is 35.7 Å². The third kappa shape index (κ3) is 5.97. The normalized spacial score (nSPS) is 10.3. The van der Waals surface area contributed by atoms with Gasteiger partial charge in [0.1, 0.15) is 5.82 Å². The summed E-state index contributed by atoms with van der Waals surface area (Å²) in [4.78, 5) is 25.6. The lowest BCUT2D eigenvalue weighted by Crippen LogP contribution is -2.33. The molecule has 2 amide bonds. The number of benzene rings is 2. The maximum atomic E-state index is 13.7. The first-order valence-electron chi connectivity index (χ1n) is 8.95. The van der Waals surface area contributed by atoms with Gasteiger partial charge in [0.2, 0.25) is 11.8 Å². The van der Waals surface area contributed by atoms with Crippen LogP contribution < -0.4 is 14.8 Å². The Morgan fingerprint density at radius 2 is 1.75 bits per heavy atom. The number of methoxy groups -OCH3 is 2. The number of nitrogens with one attached hydrogen (secondary N) is 1. The predicted molar refractivity (Wildman–Crippen MR) is 105 cm³/mol. The van der Waals surface area contributed by atoms with Crippen LogP contribution in [-0.2, 0) is 16.0 Å². The van der Waals surface area contributed by atoms with Gasteiger partial charge >= 0.3 is 0 Å². The number of ether oxygens (including phenoxy) is 2. The minimum absolute atomic E-state index is 0.130. The number of halogens is 1. The summed E-state index contributed by atoms with van der Waals surface area (Å²) in [5.41, 5.74) is 1.12. The smallest absolute Gasteiger partial charge is 0.226 e. The maximum Gasteiger partial charge on any atom is 0.226 e. The van der Waals surface area contributed by atoms with Crippen molar-refractivity contribution in [2.24, 2.45) is 0 Å². The number of carbonyl (C=O) groups is 2. The van der Waals surface area contributed by atoms with Crippen molar-refractivity contribution in [2.75, 3.05) is 32.6 Å². The molecule has 0 saturated heterocycles. The first-order chi connectivity index (χ1) is 13.4. The fourth-order valence-electron chi connectivity index (χ4n) is 2.76. The molecule has 0 aromatic heterocycles. The molecule has 2 aromatic carbocycles. The molecule has 0 saturated carbocycles. The van der Waals surface area contributed by atoms with E-state index in [1.54, 1.807) is 41.3 Å². The van der Waals surface area contributed by atoms with E-state index in [9.17, 15) is 14.0 Å². The van der Waals surface area contributed by atoms with Crippen LogP contribution in [0.2, 0.25) is 0 Å². The Bertz CT molecular complexity index is 826. The average Bonchev–Trinajstić information content (AvgIpc) is 2.68.